The molecule has 0 aliphatic heterocycles. The van der Waals surface area contributed by atoms with Gasteiger partial charge in [-0.25, -0.2) is 4.39 Å². The molecule has 2 unspecified atom stereocenters. The van der Waals surface area contributed by atoms with Gasteiger partial charge in [0.25, 0.3) is 0 Å². The molecule has 20 heavy (non-hydrogen) atoms. The Morgan fingerprint density at radius 1 is 1.15 bits per heavy atom. The van der Waals surface area contributed by atoms with E-state index in [1.165, 1.54) is 6.07 Å². The fourth-order valence-corrected chi connectivity index (χ4v) is 2.34. The van der Waals surface area contributed by atoms with E-state index in [1.54, 1.807) is 19.2 Å². The number of furan rings is 1. The highest BCUT2D eigenvalue weighted by atomic mass is 19.1. The van der Waals surface area contributed by atoms with E-state index < -0.39 is 0 Å². The molecule has 0 saturated carbocycles. The minimum absolute atomic E-state index is 0.0111. The maximum absolute atomic E-state index is 14.0. The Hall–Kier alpha value is -1.81. The number of halogens is 1. The van der Waals surface area contributed by atoms with Gasteiger partial charge in [-0.3, -0.25) is 0 Å². The molecular formula is C16H20FNO2. The van der Waals surface area contributed by atoms with Gasteiger partial charge in [0.1, 0.15) is 23.1 Å². The molecule has 1 aromatic heterocycles. The number of hydrogen-bond donors (Lipinski definition) is 1. The van der Waals surface area contributed by atoms with Crippen LogP contribution in [-0.4, -0.2) is 7.11 Å². The van der Waals surface area contributed by atoms with E-state index in [9.17, 15) is 4.39 Å². The van der Waals surface area contributed by atoms with Crippen LogP contribution >= 0.6 is 0 Å². The second kappa shape index (κ2) is 6.09. The number of hydrogen-bond acceptors (Lipinski definition) is 3. The lowest BCUT2D eigenvalue weighted by atomic mass is 10.1. The molecule has 2 aromatic rings. The van der Waals surface area contributed by atoms with E-state index in [-0.39, 0.29) is 17.9 Å². The van der Waals surface area contributed by atoms with Gasteiger partial charge in [0, 0.05) is 11.6 Å². The van der Waals surface area contributed by atoms with E-state index in [4.69, 9.17) is 9.15 Å². The molecule has 0 aliphatic carbocycles. The van der Waals surface area contributed by atoms with Crippen LogP contribution in [0, 0.1) is 12.7 Å². The van der Waals surface area contributed by atoms with E-state index in [1.807, 2.05) is 32.9 Å². The second-order valence-electron chi connectivity index (χ2n) is 4.91. The molecule has 0 radical (unpaired) electrons. The molecule has 1 heterocycles. The highest BCUT2D eigenvalue weighted by molar-refractivity contribution is 5.37. The molecule has 2 atom stereocenters. The summed E-state index contributed by atoms with van der Waals surface area (Å²) in [7, 11) is 1.55. The van der Waals surface area contributed by atoms with E-state index in [2.05, 4.69) is 5.32 Å². The quantitative estimate of drug-likeness (QED) is 0.891. The number of nitrogens with one attached hydrogen (secondary N) is 1. The van der Waals surface area contributed by atoms with Crippen LogP contribution in [0.5, 0.6) is 5.75 Å². The van der Waals surface area contributed by atoms with Crippen molar-refractivity contribution in [1.82, 2.24) is 5.32 Å². The van der Waals surface area contributed by atoms with Gasteiger partial charge in [0.2, 0.25) is 0 Å². The maximum Gasteiger partial charge on any atom is 0.131 e. The van der Waals surface area contributed by atoms with Crippen LogP contribution in [0.2, 0.25) is 0 Å². The first-order chi connectivity index (χ1) is 9.52. The van der Waals surface area contributed by atoms with Crippen molar-refractivity contribution in [2.45, 2.75) is 32.9 Å². The standard InChI is InChI=1S/C16H20FNO2/c1-10-8-9-14(20-10)11(2)18-12(3)16-13(17)6-5-7-15(16)19-4/h5-9,11-12,18H,1-4H3. The Morgan fingerprint density at radius 3 is 2.50 bits per heavy atom. The van der Waals surface area contributed by atoms with E-state index in [0.29, 0.717) is 11.3 Å². The van der Waals surface area contributed by atoms with Gasteiger partial charge in [-0.2, -0.15) is 0 Å². The topological polar surface area (TPSA) is 34.4 Å². The van der Waals surface area contributed by atoms with Crippen LogP contribution in [0.15, 0.2) is 34.7 Å². The van der Waals surface area contributed by atoms with E-state index >= 15 is 0 Å². The summed E-state index contributed by atoms with van der Waals surface area (Å²) in [5.74, 6) is 1.98. The van der Waals surface area contributed by atoms with Crippen molar-refractivity contribution in [1.29, 1.82) is 0 Å². The van der Waals surface area contributed by atoms with Gasteiger partial charge in [-0.05, 0) is 45.0 Å². The number of benzene rings is 1. The van der Waals surface area contributed by atoms with Gasteiger partial charge in [0.05, 0.1) is 13.2 Å². The summed E-state index contributed by atoms with van der Waals surface area (Å²) in [5.41, 5.74) is 0.533. The minimum Gasteiger partial charge on any atom is -0.496 e. The minimum atomic E-state index is -0.271. The summed E-state index contributed by atoms with van der Waals surface area (Å²) in [6.45, 7) is 5.80. The second-order valence-corrected chi connectivity index (χ2v) is 4.91. The van der Waals surface area contributed by atoms with Crippen molar-refractivity contribution < 1.29 is 13.5 Å². The maximum atomic E-state index is 14.0. The van der Waals surface area contributed by atoms with Crippen LogP contribution in [-0.2, 0) is 0 Å². The SMILES string of the molecule is COc1cccc(F)c1C(C)NC(C)c1ccc(C)o1. The van der Waals surface area contributed by atoms with Crippen LogP contribution in [0.1, 0.15) is 43.0 Å². The van der Waals surface area contributed by atoms with Gasteiger partial charge in [0.15, 0.2) is 0 Å². The molecule has 0 spiro atoms. The Morgan fingerprint density at radius 2 is 1.90 bits per heavy atom. The molecule has 1 aromatic carbocycles. The van der Waals surface area contributed by atoms with Crippen molar-refractivity contribution in [2.24, 2.45) is 0 Å². The average Bonchev–Trinajstić information content (AvgIpc) is 2.84. The average molecular weight is 277 g/mol. The first-order valence-corrected chi connectivity index (χ1v) is 6.67. The molecule has 0 saturated heterocycles. The van der Waals surface area contributed by atoms with E-state index in [0.717, 1.165) is 11.5 Å². The smallest absolute Gasteiger partial charge is 0.131 e. The summed E-state index contributed by atoms with van der Waals surface area (Å²) < 4.78 is 24.8. The number of ether oxygens (including phenoxy) is 1. The molecule has 2 rings (SSSR count). The largest absolute Gasteiger partial charge is 0.496 e. The first-order valence-electron chi connectivity index (χ1n) is 6.67. The summed E-state index contributed by atoms with van der Waals surface area (Å²) in [5, 5.41) is 3.33. The Labute approximate surface area is 118 Å². The number of rotatable bonds is 5. The van der Waals surface area contributed by atoms with Gasteiger partial charge in [-0.15, -0.1) is 0 Å². The monoisotopic (exact) mass is 277 g/mol. The van der Waals surface area contributed by atoms with Crippen LogP contribution < -0.4 is 10.1 Å². The molecule has 0 bridgehead atoms. The Kier molecular flexibility index (Phi) is 4.45. The van der Waals surface area contributed by atoms with Gasteiger partial charge in [-0.1, -0.05) is 6.07 Å². The highest BCUT2D eigenvalue weighted by Crippen LogP contribution is 2.29. The third-order valence-electron chi connectivity index (χ3n) is 3.35. The van der Waals surface area contributed by atoms with Crippen molar-refractivity contribution >= 4 is 0 Å². The first kappa shape index (κ1) is 14.6. The Balaban J connectivity index is 2.18. The fourth-order valence-electron chi connectivity index (χ4n) is 2.34. The molecule has 3 nitrogen and oxygen atoms in total. The summed E-state index contributed by atoms with van der Waals surface area (Å²) in [6, 6.07) is 8.49. The molecule has 0 fully saturated rings. The molecular weight excluding hydrogens is 257 g/mol. The number of methoxy groups -OCH3 is 1. The summed E-state index contributed by atoms with van der Waals surface area (Å²) >= 11 is 0. The Bertz CT molecular complexity index is 580. The lowest BCUT2D eigenvalue weighted by Gasteiger charge is -2.21. The van der Waals surface area contributed by atoms with Crippen LogP contribution in [0.4, 0.5) is 4.39 Å². The van der Waals surface area contributed by atoms with Gasteiger partial charge >= 0.3 is 0 Å². The van der Waals surface area contributed by atoms with Crippen LogP contribution in [0.25, 0.3) is 0 Å². The zero-order chi connectivity index (χ0) is 14.7. The van der Waals surface area contributed by atoms with Crippen molar-refractivity contribution in [3.05, 3.63) is 53.2 Å². The molecule has 4 heteroatoms. The fraction of sp³-hybridized carbons (Fsp3) is 0.375. The predicted octanol–water partition coefficient (Wildman–Crippen LogP) is 4.15. The van der Waals surface area contributed by atoms with Crippen molar-refractivity contribution in [2.75, 3.05) is 7.11 Å². The third kappa shape index (κ3) is 3.02. The number of aryl methyl sites for hydroxylation is 1. The highest BCUT2D eigenvalue weighted by Gasteiger charge is 2.19. The molecule has 0 aliphatic rings. The van der Waals surface area contributed by atoms with Gasteiger partial charge < -0.3 is 14.5 Å². The van der Waals surface area contributed by atoms with Crippen molar-refractivity contribution in [3.8, 4) is 5.75 Å². The molecule has 108 valence electrons. The predicted molar refractivity (Wildman–Crippen MR) is 76.4 cm³/mol. The lowest BCUT2D eigenvalue weighted by Crippen LogP contribution is -2.23. The van der Waals surface area contributed by atoms with Crippen LogP contribution in [0.3, 0.4) is 0 Å². The third-order valence-corrected chi connectivity index (χ3v) is 3.35. The van der Waals surface area contributed by atoms with Crippen molar-refractivity contribution in [3.63, 3.8) is 0 Å². The zero-order valence-corrected chi connectivity index (χ0v) is 12.2. The normalized spacial score (nSPS) is 14.1. The lowest BCUT2D eigenvalue weighted by molar-refractivity contribution is 0.367. The molecule has 1 N–H and O–H groups in total. The summed E-state index contributed by atoms with van der Waals surface area (Å²) in [4.78, 5) is 0. The summed E-state index contributed by atoms with van der Waals surface area (Å²) in [6.07, 6.45) is 0. The zero-order valence-electron chi connectivity index (χ0n) is 12.2. The molecule has 0 amide bonds.